The average molecular weight is 755 g/mol. The molecule has 0 radical (unpaired) electrons. The van der Waals surface area contributed by atoms with E-state index in [0.29, 0.717) is 11.3 Å². The number of aromatic hydroxyl groups is 2. The van der Waals surface area contributed by atoms with E-state index in [1.54, 1.807) is 24.3 Å². The van der Waals surface area contributed by atoms with Crippen LogP contribution in [0.5, 0.6) is 17.2 Å². The lowest BCUT2D eigenvalue weighted by molar-refractivity contribution is -0.381. The highest BCUT2D eigenvalue weighted by Gasteiger charge is 2.54. The zero-order valence-electron chi connectivity index (χ0n) is 28.2. The number of methoxy groups -OCH3 is 1. The van der Waals surface area contributed by atoms with Crippen molar-refractivity contribution in [2.45, 2.75) is 98.9 Å². The Morgan fingerprint density at radius 1 is 0.679 bits per heavy atom. The lowest BCUT2D eigenvalue weighted by atomic mass is 9.89. The van der Waals surface area contributed by atoms with E-state index in [4.69, 9.17) is 32.8 Å². The number of phenols is 2. The summed E-state index contributed by atoms with van der Waals surface area (Å²) in [6, 6.07) is 8.22. The molecule has 3 saturated heterocycles. The molecule has 3 fully saturated rings. The number of hydrogen-bond acceptors (Lipinski definition) is 19. The van der Waals surface area contributed by atoms with Gasteiger partial charge in [-0.25, -0.2) is 0 Å². The van der Waals surface area contributed by atoms with E-state index in [1.807, 2.05) is 0 Å². The van der Waals surface area contributed by atoms with E-state index in [-0.39, 0.29) is 5.76 Å². The predicted molar refractivity (Wildman–Crippen MR) is 174 cm³/mol. The van der Waals surface area contributed by atoms with E-state index in [1.165, 1.54) is 14.0 Å². The Labute approximate surface area is 299 Å². The summed E-state index contributed by atoms with van der Waals surface area (Å²) < 4.78 is 40.3. The minimum Gasteiger partial charge on any atom is -0.507 e. The molecule has 6 rings (SSSR count). The Balaban J connectivity index is 1.45. The summed E-state index contributed by atoms with van der Waals surface area (Å²) in [7, 11) is 1.46. The summed E-state index contributed by atoms with van der Waals surface area (Å²) in [4.78, 5) is 13.5. The third-order valence-electron chi connectivity index (χ3n) is 9.74. The maximum atomic E-state index is 13.5. The molecule has 15 atom stereocenters. The van der Waals surface area contributed by atoms with Crippen molar-refractivity contribution >= 4 is 11.0 Å². The van der Waals surface area contributed by atoms with Crippen molar-refractivity contribution in [1.29, 1.82) is 0 Å². The number of ether oxygens (including phenoxy) is 6. The van der Waals surface area contributed by atoms with E-state index in [2.05, 4.69) is 0 Å². The first-order valence-corrected chi connectivity index (χ1v) is 16.6. The minimum atomic E-state index is -2.01. The normalized spacial score (nSPS) is 37.8. The quantitative estimate of drug-likeness (QED) is 0.104. The molecule has 0 amide bonds. The molecule has 0 spiro atoms. The van der Waals surface area contributed by atoms with Gasteiger partial charge in [0.2, 0.25) is 0 Å². The molecule has 11 N–H and O–H groups in total. The number of aliphatic hydroxyl groups excluding tert-OH is 9. The summed E-state index contributed by atoms with van der Waals surface area (Å²) in [5, 5.41) is 117. The molecule has 19 nitrogen and oxygen atoms in total. The first-order valence-electron chi connectivity index (χ1n) is 16.6. The molecule has 4 heterocycles. The zero-order chi connectivity index (χ0) is 38.5. The summed E-state index contributed by atoms with van der Waals surface area (Å²) in [6.07, 6.45) is -26.3. The standard InChI is InChI=1S/C34H42O19/c1-11-22(40)25(43)28(46)33(48-11)53-32-27(45)24(42)19(10-36)51-34(32)52-31-26(44)23(41)18(9-35)50-30(31)21-15(38)7-14(37)20-16(39)8-17(49-29(20)21)12-3-5-13(47-2)6-4-12/h3-8,11,18-19,22-28,30-38,40-46H,9-10H2,1-2H3/t11-,18-,19+,22-,23+,24+,25+,26-,27-,28-,30-,31+,32+,33-,34-/m0/s1. The molecule has 3 aliphatic heterocycles. The number of phenolic OH excluding ortho intramolecular Hbond substituents is 2. The van der Waals surface area contributed by atoms with Crippen LogP contribution in [0.25, 0.3) is 22.3 Å². The topological polar surface area (TPSA) is 308 Å². The van der Waals surface area contributed by atoms with Gasteiger partial charge in [-0.2, -0.15) is 0 Å². The molecule has 19 heteroatoms. The molecular weight excluding hydrogens is 712 g/mol. The molecule has 53 heavy (non-hydrogen) atoms. The fourth-order valence-electron chi connectivity index (χ4n) is 6.72. The van der Waals surface area contributed by atoms with Crippen molar-refractivity contribution in [3.05, 3.63) is 52.2 Å². The Hall–Kier alpha value is -3.51. The van der Waals surface area contributed by atoms with Gasteiger partial charge in [0.1, 0.15) is 102 Å². The van der Waals surface area contributed by atoms with Gasteiger partial charge in [0.05, 0.1) is 32.0 Å². The highest BCUT2D eigenvalue weighted by atomic mass is 16.8. The maximum absolute atomic E-state index is 13.5. The number of aliphatic hydroxyl groups is 9. The maximum Gasteiger partial charge on any atom is 0.197 e. The van der Waals surface area contributed by atoms with Gasteiger partial charge in [-0.1, -0.05) is 0 Å². The van der Waals surface area contributed by atoms with Crippen LogP contribution in [0.15, 0.2) is 45.6 Å². The molecule has 292 valence electrons. The van der Waals surface area contributed by atoms with Crippen LogP contribution in [0, 0.1) is 0 Å². The second kappa shape index (κ2) is 15.7. The van der Waals surface area contributed by atoms with Gasteiger partial charge < -0.3 is 89.0 Å². The lowest BCUT2D eigenvalue weighted by Crippen LogP contribution is -2.65. The fraction of sp³-hybridized carbons (Fsp3) is 0.559. The van der Waals surface area contributed by atoms with Gasteiger partial charge in [0.25, 0.3) is 0 Å². The number of benzene rings is 2. The molecule has 0 unspecified atom stereocenters. The number of fused-ring (bicyclic) bond motifs is 1. The monoisotopic (exact) mass is 754 g/mol. The Kier molecular flexibility index (Phi) is 11.6. The zero-order valence-corrected chi connectivity index (χ0v) is 28.2. The van der Waals surface area contributed by atoms with Crippen molar-refractivity contribution in [1.82, 2.24) is 0 Å². The molecule has 0 saturated carbocycles. The summed E-state index contributed by atoms with van der Waals surface area (Å²) in [6.45, 7) is -0.382. The SMILES string of the molecule is COc1ccc(-c2cc(=O)c3c(O)cc(O)c([C@@H]4O[C@@H](CO)[C@@H](O)[C@H](O)[C@H]4O[C@@H]4O[C@H](CO)[C@@H](O)[C@H](O)[C@H]4O[C@@H]4O[C@@H](C)[C@H](O)[C@@H](O)[C@@H]4O)c3o2)cc1. The third kappa shape index (κ3) is 7.22. The molecule has 2 aromatic carbocycles. The summed E-state index contributed by atoms with van der Waals surface area (Å²) in [5.74, 6) is -0.982. The van der Waals surface area contributed by atoms with E-state index < -0.39 is 139 Å². The first kappa shape index (κ1) is 39.2. The third-order valence-corrected chi connectivity index (χ3v) is 9.74. The van der Waals surface area contributed by atoms with Gasteiger partial charge in [0, 0.05) is 17.7 Å². The molecule has 3 aliphatic rings. The van der Waals surface area contributed by atoms with Crippen molar-refractivity contribution < 1.29 is 89.0 Å². The van der Waals surface area contributed by atoms with Gasteiger partial charge in [-0.3, -0.25) is 4.79 Å². The van der Waals surface area contributed by atoms with Crippen LogP contribution in [0.3, 0.4) is 0 Å². The first-order chi connectivity index (χ1) is 25.2. The van der Waals surface area contributed by atoms with Crippen LogP contribution in [0.1, 0.15) is 18.6 Å². The minimum absolute atomic E-state index is 0.0384. The second-order valence-corrected chi connectivity index (χ2v) is 13.1. The molecular formula is C34H42O19. The largest absolute Gasteiger partial charge is 0.507 e. The highest BCUT2D eigenvalue weighted by Crippen LogP contribution is 2.45. The predicted octanol–water partition coefficient (Wildman–Crippen LogP) is -2.93. The van der Waals surface area contributed by atoms with Gasteiger partial charge >= 0.3 is 0 Å². The lowest BCUT2D eigenvalue weighted by Gasteiger charge is -2.48. The van der Waals surface area contributed by atoms with Crippen LogP contribution >= 0.6 is 0 Å². The van der Waals surface area contributed by atoms with E-state index in [9.17, 15) is 61.0 Å². The average Bonchev–Trinajstić information content (AvgIpc) is 3.14. The van der Waals surface area contributed by atoms with Crippen LogP contribution in [-0.2, 0) is 23.7 Å². The summed E-state index contributed by atoms with van der Waals surface area (Å²) in [5.41, 5.74) is -1.23. The van der Waals surface area contributed by atoms with Crippen molar-refractivity contribution in [2.24, 2.45) is 0 Å². The molecule has 0 aliphatic carbocycles. The van der Waals surface area contributed by atoms with Crippen molar-refractivity contribution in [2.75, 3.05) is 20.3 Å². The van der Waals surface area contributed by atoms with Crippen LogP contribution in [-0.4, -0.2) is 162 Å². The molecule has 1 aromatic heterocycles. The van der Waals surface area contributed by atoms with Crippen LogP contribution < -0.4 is 10.2 Å². The smallest absolute Gasteiger partial charge is 0.197 e. The van der Waals surface area contributed by atoms with Crippen LogP contribution in [0.4, 0.5) is 0 Å². The molecule has 0 bridgehead atoms. The van der Waals surface area contributed by atoms with E-state index in [0.717, 1.165) is 12.1 Å². The van der Waals surface area contributed by atoms with Crippen LogP contribution in [0.2, 0.25) is 0 Å². The highest BCUT2D eigenvalue weighted by molar-refractivity contribution is 5.89. The Bertz CT molecular complexity index is 1780. The second-order valence-electron chi connectivity index (χ2n) is 13.1. The van der Waals surface area contributed by atoms with Gasteiger partial charge in [0.15, 0.2) is 23.6 Å². The fourth-order valence-corrected chi connectivity index (χ4v) is 6.72. The number of rotatable bonds is 9. The van der Waals surface area contributed by atoms with E-state index >= 15 is 0 Å². The molecule has 3 aromatic rings. The Morgan fingerprint density at radius 3 is 1.91 bits per heavy atom. The van der Waals surface area contributed by atoms with Crippen molar-refractivity contribution in [3.8, 4) is 28.6 Å². The Morgan fingerprint density at radius 2 is 1.28 bits per heavy atom. The summed E-state index contributed by atoms with van der Waals surface area (Å²) >= 11 is 0. The van der Waals surface area contributed by atoms with Crippen molar-refractivity contribution in [3.63, 3.8) is 0 Å². The number of hydrogen-bond donors (Lipinski definition) is 11. The van der Waals surface area contributed by atoms with Gasteiger partial charge in [-0.05, 0) is 31.2 Å². The van der Waals surface area contributed by atoms with Gasteiger partial charge in [-0.15, -0.1) is 0 Å².